The third-order valence-electron chi connectivity index (χ3n) is 3.08. The second kappa shape index (κ2) is 5.56. The lowest BCUT2D eigenvalue weighted by atomic mass is 10.1. The lowest BCUT2D eigenvalue weighted by Gasteiger charge is -2.23. The maximum Gasteiger partial charge on any atom is 0.0706 e. The molecule has 1 saturated heterocycles. The molecule has 90 valence electrons. The molecule has 0 radical (unpaired) electrons. The topological polar surface area (TPSA) is 29.9 Å². The van der Waals surface area contributed by atoms with E-state index in [9.17, 15) is 0 Å². The van der Waals surface area contributed by atoms with E-state index in [1.165, 1.54) is 24.3 Å². The zero-order valence-corrected chi connectivity index (χ0v) is 12.1. The molecule has 0 spiro atoms. The van der Waals surface area contributed by atoms with E-state index in [2.05, 4.69) is 49.7 Å². The van der Waals surface area contributed by atoms with E-state index in [-0.39, 0.29) is 0 Å². The van der Waals surface area contributed by atoms with Crippen LogP contribution in [0.5, 0.6) is 0 Å². The lowest BCUT2D eigenvalue weighted by Crippen LogP contribution is -2.28. The molecule has 0 bridgehead atoms. The minimum absolute atomic E-state index is 0.407. The quantitative estimate of drug-likeness (QED) is 0.927. The van der Waals surface area contributed by atoms with Crippen molar-refractivity contribution in [3.8, 4) is 0 Å². The summed E-state index contributed by atoms with van der Waals surface area (Å²) in [7, 11) is 2.04. The summed E-state index contributed by atoms with van der Waals surface area (Å²) >= 11 is 5.69. The summed E-state index contributed by atoms with van der Waals surface area (Å²) < 4.78 is 3.21. The Balaban J connectivity index is 2.27. The lowest BCUT2D eigenvalue weighted by molar-refractivity contribution is 0.491. The van der Waals surface area contributed by atoms with Crippen LogP contribution in [0.4, 0.5) is 0 Å². The second-order valence-corrected chi connectivity index (χ2v) is 6.21. The van der Waals surface area contributed by atoms with Crippen molar-refractivity contribution in [2.24, 2.45) is 0 Å². The van der Waals surface area contributed by atoms with E-state index in [1.807, 2.05) is 13.2 Å². The third kappa shape index (κ3) is 2.31. The van der Waals surface area contributed by atoms with Gasteiger partial charge in [0.05, 0.1) is 22.4 Å². The van der Waals surface area contributed by atoms with Crippen LogP contribution in [0.15, 0.2) is 10.7 Å². The Morgan fingerprint density at radius 3 is 3.12 bits per heavy atom. The van der Waals surface area contributed by atoms with Gasteiger partial charge >= 0.3 is 0 Å². The average Bonchev–Trinajstić information content (AvgIpc) is 2.91. The summed E-state index contributed by atoms with van der Waals surface area (Å²) in [5.74, 6) is 1.29. The van der Waals surface area contributed by atoms with Crippen molar-refractivity contribution in [2.75, 3.05) is 12.8 Å². The summed E-state index contributed by atoms with van der Waals surface area (Å²) in [5.41, 5.74) is 1.30. The minimum Gasteiger partial charge on any atom is -0.311 e. The molecule has 16 heavy (non-hydrogen) atoms. The number of rotatable bonds is 4. The van der Waals surface area contributed by atoms with Gasteiger partial charge in [-0.1, -0.05) is 0 Å². The van der Waals surface area contributed by atoms with Gasteiger partial charge in [0.25, 0.3) is 0 Å². The molecule has 2 heterocycles. The van der Waals surface area contributed by atoms with Crippen molar-refractivity contribution < 1.29 is 0 Å². The maximum atomic E-state index is 4.39. The Bertz CT molecular complexity index is 347. The number of aryl methyl sites for hydroxylation is 1. The van der Waals surface area contributed by atoms with Crippen LogP contribution in [-0.2, 0) is 6.54 Å². The van der Waals surface area contributed by atoms with Gasteiger partial charge < -0.3 is 5.32 Å². The highest BCUT2D eigenvalue weighted by Crippen LogP contribution is 2.37. The van der Waals surface area contributed by atoms with Gasteiger partial charge in [-0.3, -0.25) is 4.68 Å². The van der Waals surface area contributed by atoms with Crippen LogP contribution in [0, 0.1) is 0 Å². The van der Waals surface area contributed by atoms with Gasteiger partial charge in [-0.25, -0.2) is 0 Å². The highest BCUT2D eigenvalue weighted by atomic mass is 79.9. The number of aromatic nitrogens is 2. The van der Waals surface area contributed by atoms with E-state index in [4.69, 9.17) is 0 Å². The largest absolute Gasteiger partial charge is 0.311 e. The summed E-state index contributed by atoms with van der Waals surface area (Å²) in [4.78, 5) is 0. The normalized spacial score (nSPS) is 22.6. The first-order valence-electron chi connectivity index (χ1n) is 5.78. The van der Waals surface area contributed by atoms with Crippen LogP contribution >= 0.6 is 27.7 Å². The molecule has 0 saturated carbocycles. The molecule has 5 heteroatoms. The third-order valence-corrected chi connectivity index (χ3v) is 5.15. The molecule has 1 aliphatic heterocycles. The van der Waals surface area contributed by atoms with Crippen molar-refractivity contribution in [3.05, 3.63) is 16.4 Å². The fourth-order valence-corrected chi connectivity index (χ4v) is 4.27. The molecule has 1 aliphatic rings. The first-order chi connectivity index (χ1) is 7.77. The van der Waals surface area contributed by atoms with Gasteiger partial charge in [0, 0.05) is 11.8 Å². The highest BCUT2D eigenvalue weighted by molar-refractivity contribution is 9.10. The first kappa shape index (κ1) is 12.5. The van der Waals surface area contributed by atoms with Crippen LogP contribution in [-0.4, -0.2) is 27.8 Å². The number of thioether (sulfide) groups is 1. The fraction of sp³-hybridized carbons (Fsp3) is 0.727. The molecular formula is C11H18BrN3S. The molecule has 2 atom stereocenters. The van der Waals surface area contributed by atoms with E-state index >= 15 is 0 Å². The monoisotopic (exact) mass is 303 g/mol. The van der Waals surface area contributed by atoms with Crippen molar-refractivity contribution >= 4 is 27.7 Å². The predicted octanol–water partition coefficient (Wildman–Crippen LogP) is 2.82. The molecule has 1 fully saturated rings. The van der Waals surface area contributed by atoms with Crippen LogP contribution < -0.4 is 5.32 Å². The van der Waals surface area contributed by atoms with Crippen LogP contribution in [0.25, 0.3) is 0 Å². The fourth-order valence-electron chi connectivity index (χ4n) is 2.30. The average molecular weight is 304 g/mol. The van der Waals surface area contributed by atoms with Gasteiger partial charge in [0.1, 0.15) is 0 Å². The highest BCUT2D eigenvalue weighted by Gasteiger charge is 2.29. The van der Waals surface area contributed by atoms with Gasteiger partial charge in [-0.2, -0.15) is 16.9 Å². The van der Waals surface area contributed by atoms with Gasteiger partial charge in [0.2, 0.25) is 0 Å². The van der Waals surface area contributed by atoms with E-state index in [0.717, 1.165) is 11.0 Å². The second-order valence-electron chi connectivity index (χ2n) is 4.01. The Morgan fingerprint density at radius 1 is 1.75 bits per heavy atom. The summed E-state index contributed by atoms with van der Waals surface area (Å²) in [6.45, 7) is 3.06. The molecule has 3 nitrogen and oxygen atoms in total. The van der Waals surface area contributed by atoms with E-state index in [1.54, 1.807) is 0 Å². The Labute approximate surface area is 109 Å². The Hall–Kier alpha value is -0.0000000000000000555. The standard InChI is InChI=1S/C11H18BrN3S/c1-3-15-11(8(12)7-14-15)10(13-2)9-5-4-6-16-9/h7,9-10,13H,3-6H2,1-2H3. The number of hydrogen-bond acceptors (Lipinski definition) is 3. The van der Waals surface area contributed by atoms with E-state index < -0.39 is 0 Å². The molecule has 0 aliphatic carbocycles. The number of halogens is 1. The molecule has 2 unspecified atom stereocenters. The molecule has 0 aromatic carbocycles. The van der Waals surface area contributed by atoms with Gasteiger partial charge in [-0.05, 0) is 48.5 Å². The van der Waals surface area contributed by atoms with Crippen molar-refractivity contribution in [3.63, 3.8) is 0 Å². The number of hydrogen-bond donors (Lipinski definition) is 1. The molecule has 0 amide bonds. The van der Waals surface area contributed by atoms with Crippen molar-refractivity contribution in [1.29, 1.82) is 0 Å². The number of nitrogens with zero attached hydrogens (tertiary/aromatic N) is 2. The zero-order chi connectivity index (χ0) is 11.5. The SMILES string of the molecule is CCn1ncc(Br)c1C(NC)C1CCCS1. The Morgan fingerprint density at radius 2 is 2.56 bits per heavy atom. The molecule has 1 aromatic rings. The minimum atomic E-state index is 0.407. The molecular weight excluding hydrogens is 286 g/mol. The number of nitrogens with one attached hydrogen (secondary N) is 1. The van der Waals surface area contributed by atoms with Crippen LogP contribution in [0.2, 0.25) is 0 Å². The van der Waals surface area contributed by atoms with Crippen LogP contribution in [0.1, 0.15) is 31.5 Å². The summed E-state index contributed by atoms with van der Waals surface area (Å²) in [5, 5.41) is 8.53. The summed E-state index contributed by atoms with van der Waals surface area (Å²) in [6, 6.07) is 0.407. The van der Waals surface area contributed by atoms with Crippen molar-refractivity contribution in [1.82, 2.24) is 15.1 Å². The summed E-state index contributed by atoms with van der Waals surface area (Å²) in [6.07, 6.45) is 4.55. The van der Waals surface area contributed by atoms with Crippen molar-refractivity contribution in [2.45, 2.75) is 37.6 Å². The smallest absolute Gasteiger partial charge is 0.0706 e. The Kier molecular flexibility index (Phi) is 4.33. The zero-order valence-electron chi connectivity index (χ0n) is 9.74. The van der Waals surface area contributed by atoms with E-state index in [0.29, 0.717) is 11.3 Å². The molecule has 1 aromatic heterocycles. The molecule has 1 N–H and O–H groups in total. The maximum absolute atomic E-state index is 4.39. The predicted molar refractivity (Wildman–Crippen MR) is 72.9 cm³/mol. The van der Waals surface area contributed by atoms with Crippen LogP contribution in [0.3, 0.4) is 0 Å². The van der Waals surface area contributed by atoms with Gasteiger partial charge in [0.15, 0.2) is 0 Å². The van der Waals surface area contributed by atoms with Gasteiger partial charge in [-0.15, -0.1) is 0 Å². The molecule has 2 rings (SSSR count). The first-order valence-corrected chi connectivity index (χ1v) is 7.62.